The summed E-state index contributed by atoms with van der Waals surface area (Å²) in [6.45, 7) is 19.5. The molecule has 0 amide bonds. The Bertz CT molecular complexity index is 2380. The minimum Gasteiger partial charge on any atom is -0.392 e. The van der Waals surface area contributed by atoms with E-state index in [1.165, 1.54) is 18.4 Å². The lowest BCUT2D eigenvalue weighted by Gasteiger charge is -2.70. The van der Waals surface area contributed by atoms with E-state index in [1.54, 1.807) is 0 Å². The smallest absolute Gasteiger partial charge is 0.160 e. The number of aliphatic hydroxyl groups excluding tert-OH is 2. The van der Waals surface area contributed by atoms with Crippen LogP contribution in [0.5, 0.6) is 0 Å². The lowest BCUT2D eigenvalue weighted by atomic mass is 9.34. The van der Waals surface area contributed by atoms with Crippen LogP contribution in [0.1, 0.15) is 160 Å². The van der Waals surface area contributed by atoms with Gasteiger partial charge in [0.05, 0.1) is 34.8 Å². The van der Waals surface area contributed by atoms with Gasteiger partial charge in [-0.05, 0) is 141 Å². The molecule has 0 radical (unpaired) electrons. The number of ether oxygens (including phenoxy) is 2. The summed E-state index contributed by atoms with van der Waals surface area (Å²) in [5.41, 5.74) is 5.93. The molecule has 2 saturated heterocycles. The van der Waals surface area contributed by atoms with E-state index in [1.807, 2.05) is 20.0 Å². The van der Waals surface area contributed by atoms with E-state index >= 15 is 0 Å². The lowest BCUT2D eigenvalue weighted by molar-refractivity contribution is -0.226. The largest absolute Gasteiger partial charge is 0.392 e. The number of aryl methyl sites for hydroxylation is 1. The predicted molar refractivity (Wildman–Crippen MR) is 248 cm³/mol. The number of aromatic amines is 1. The fraction of sp³-hybridized carbons (Fsp3) is 0.691. The van der Waals surface area contributed by atoms with Gasteiger partial charge in [-0.25, -0.2) is 0 Å². The Morgan fingerprint density at radius 3 is 2.39 bits per heavy atom. The molecule has 346 valence electrons. The first kappa shape index (κ1) is 44.5. The molecule has 1 aromatic carbocycles. The normalized spacial score (nSPS) is 37.9. The monoisotopic (exact) mass is 875 g/mol. The van der Waals surface area contributed by atoms with Gasteiger partial charge in [0.15, 0.2) is 5.78 Å². The van der Waals surface area contributed by atoms with E-state index in [9.17, 15) is 24.6 Å². The molecule has 4 saturated carbocycles. The second kappa shape index (κ2) is 15.6. The fourth-order valence-corrected chi connectivity index (χ4v) is 16.5. The van der Waals surface area contributed by atoms with Crippen LogP contribution in [-0.4, -0.2) is 74.7 Å². The Labute approximate surface area is 380 Å². The fourth-order valence-electron chi connectivity index (χ4n) is 16.5. The van der Waals surface area contributed by atoms with Gasteiger partial charge in [0, 0.05) is 67.3 Å². The number of aliphatic hydroxyl groups is 2. The standard InChI is InChI=1S/C55H74N2O7/c1-31-23-34(33-16-21-63-22-17-33)26-35(24-31)39(30-58)37-28-57(40-15-20-56-47(37)40)29-38-46-45(32(2)25-41(59)50-51(3,4)64-50)42(60)27-54(46,7)53(6)19-13-43-52(5,49(53)48(38)62)18-14-44(61)55(43,8)36-11-9-10-12-36/h15,20,23-24,26,28,30,32-33,36,38-39,41,43,48-50,56,59,62H,9-14,16-19,21-22,25,27,29H2,1-8H3. The minimum absolute atomic E-state index is 0.134. The molecule has 12 atom stereocenters. The first-order chi connectivity index (χ1) is 30.4. The highest BCUT2D eigenvalue weighted by Gasteiger charge is 2.73. The molecule has 2 aromatic heterocycles. The van der Waals surface area contributed by atoms with Gasteiger partial charge in [-0.2, -0.15) is 0 Å². The third-order valence-electron chi connectivity index (χ3n) is 19.8. The Balaban J connectivity index is 1.09. The van der Waals surface area contributed by atoms with Gasteiger partial charge >= 0.3 is 0 Å². The Kier molecular flexibility index (Phi) is 10.8. The maximum atomic E-state index is 15.0. The quantitative estimate of drug-likeness (QED) is 0.129. The van der Waals surface area contributed by atoms with Crippen molar-refractivity contribution in [2.75, 3.05) is 13.2 Å². The minimum atomic E-state index is -0.786. The zero-order chi connectivity index (χ0) is 45.3. The number of ketones is 2. The molecule has 7 aliphatic rings. The van der Waals surface area contributed by atoms with Crippen molar-refractivity contribution < 1.29 is 34.1 Å². The third-order valence-corrected chi connectivity index (χ3v) is 19.8. The summed E-state index contributed by atoms with van der Waals surface area (Å²) in [5.74, 6) is 0.179. The summed E-state index contributed by atoms with van der Waals surface area (Å²) in [5, 5.41) is 25.2. The Morgan fingerprint density at radius 2 is 1.70 bits per heavy atom. The number of hydrogen-bond donors (Lipinski definition) is 3. The lowest BCUT2D eigenvalue weighted by Crippen LogP contribution is -2.68. The van der Waals surface area contributed by atoms with Gasteiger partial charge in [-0.1, -0.05) is 71.2 Å². The van der Waals surface area contributed by atoms with Crippen LogP contribution in [0.4, 0.5) is 0 Å². The number of epoxide rings is 1. The Morgan fingerprint density at radius 1 is 0.984 bits per heavy atom. The van der Waals surface area contributed by atoms with Crippen molar-refractivity contribution in [2.24, 2.45) is 51.2 Å². The summed E-state index contributed by atoms with van der Waals surface area (Å²) >= 11 is 0. The van der Waals surface area contributed by atoms with E-state index < -0.39 is 45.9 Å². The highest BCUT2D eigenvalue weighted by Crippen LogP contribution is 2.76. The molecule has 10 rings (SSSR count). The number of allylic oxidation sites excluding steroid dienone is 1. The zero-order valence-corrected chi connectivity index (χ0v) is 39.8. The predicted octanol–water partition coefficient (Wildman–Crippen LogP) is 9.93. The second-order valence-electron chi connectivity index (χ2n) is 23.5. The summed E-state index contributed by atoms with van der Waals surface area (Å²) in [7, 11) is 0. The van der Waals surface area contributed by atoms with Crippen LogP contribution in [0.25, 0.3) is 11.0 Å². The van der Waals surface area contributed by atoms with E-state index in [2.05, 4.69) is 81.6 Å². The summed E-state index contributed by atoms with van der Waals surface area (Å²) in [6.07, 6.45) is 13.7. The summed E-state index contributed by atoms with van der Waals surface area (Å²) in [4.78, 5) is 46.2. The Hall–Kier alpha value is -3.37. The number of aromatic nitrogens is 2. The first-order valence-corrected chi connectivity index (χ1v) is 25.0. The number of carbonyl (C=O) groups excluding carboxylic acids is 3. The molecule has 2 aliphatic heterocycles. The van der Waals surface area contributed by atoms with Gasteiger partial charge in [0.25, 0.3) is 0 Å². The number of carbonyl (C=O) groups is 3. The number of nitrogens with one attached hydrogen (secondary N) is 1. The van der Waals surface area contributed by atoms with E-state index in [0.717, 1.165) is 103 Å². The topological polar surface area (TPSA) is 134 Å². The molecule has 9 heteroatoms. The zero-order valence-electron chi connectivity index (χ0n) is 39.8. The number of benzene rings is 1. The SMILES string of the molecule is Cc1cc(C2CCOCC2)cc(C(C=O)c2cn(CC3C4=C(C(C)CC(O)C5OC5(C)C)C(=O)CC4(C)C4(C)CCC5C(C)(CCC(=O)C5(C)C5CCCC5)C4C3O)c3cc[nH]c23)c1. The molecule has 6 fully saturated rings. The van der Waals surface area contributed by atoms with Crippen LogP contribution in [0.15, 0.2) is 47.8 Å². The molecule has 0 bridgehead atoms. The van der Waals surface area contributed by atoms with Crippen LogP contribution >= 0.6 is 0 Å². The number of aldehydes is 1. The third kappa shape index (κ3) is 6.53. The highest BCUT2D eigenvalue weighted by molar-refractivity contribution is 6.01. The van der Waals surface area contributed by atoms with Gasteiger partial charge < -0.3 is 34.0 Å². The number of nitrogens with zero attached hydrogens (tertiary/aromatic N) is 1. The van der Waals surface area contributed by atoms with Crippen LogP contribution in [0.3, 0.4) is 0 Å². The molecule has 12 unspecified atom stereocenters. The van der Waals surface area contributed by atoms with Gasteiger partial charge in [-0.15, -0.1) is 0 Å². The van der Waals surface area contributed by atoms with Crippen LogP contribution < -0.4 is 0 Å². The first-order valence-electron chi connectivity index (χ1n) is 25.0. The number of hydrogen-bond acceptors (Lipinski definition) is 7. The highest BCUT2D eigenvalue weighted by atomic mass is 16.6. The average Bonchev–Trinajstić information content (AvgIpc) is 3.83. The summed E-state index contributed by atoms with van der Waals surface area (Å²) < 4.78 is 13.8. The van der Waals surface area contributed by atoms with Gasteiger partial charge in [0.2, 0.25) is 0 Å². The van der Waals surface area contributed by atoms with Crippen molar-refractivity contribution in [1.82, 2.24) is 9.55 Å². The molecule has 5 aliphatic carbocycles. The maximum absolute atomic E-state index is 15.0. The number of H-pyrrole nitrogens is 1. The van der Waals surface area contributed by atoms with Crippen molar-refractivity contribution in [3.05, 3.63) is 70.1 Å². The maximum Gasteiger partial charge on any atom is 0.160 e. The molecule has 3 N–H and O–H groups in total. The number of Topliss-reactive ketones (excluding diaryl/α,β-unsaturated/α-hetero) is 2. The van der Waals surface area contributed by atoms with E-state index in [0.29, 0.717) is 43.4 Å². The van der Waals surface area contributed by atoms with Gasteiger partial charge in [-0.3, -0.25) is 9.59 Å². The van der Waals surface area contributed by atoms with E-state index in [-0.39, 0.29) is 35.1 Å². The second-order valence-corrected chi connectivity index (χ2v) is 23.5. The molecule has 0 spiro atoms. The van der Waals surface area contributed by atoms with Gasteiger partial charge in [0.1, 0.15) is 18.2 Å². The van der Waals surface area contributed by atoms with Crippen LogP contribution in [0.2, 0.25) is 0 Å². The van der Waals surface area contributed by atoms with Crippen molar-refractivity contribution in [2.45, 2.75) is 175 Å². The summed E-state index contributed by atoms with van der Waals surface area (Å²) in [6, 6.07) is 8.70. The number of fused-ring (bicyclic) bond motifs is 6. The van der Waals surface area contributed by atoms with Crippen molar-refractivity contribution in [3.63, 3.8) is 0 Å². The molecule has 3 aromatic rings. The molecular formula is C55H74N2O7. The van der Waals surface area contributed by atoms with Crippen molar-refractivity contribution in [3.8, 4) is 0 Å². The molecular weight excluding hydrogens is 801 g/mol. The average molecular weight is 875 g/mol. The van der Waals surface area contributed by atoms with Crippen LogP contribution in [-0.2, 0) is 30.4 Å². The molecule has 4 heterocycles. The molecule has 9 nitrogen and oxygen atoms in total. The van der Waals surface area contributed by atoms with E-state index in [4.69, 9.17) is 9.47 Å². The van der Waals surface area contributed by atoms with Crippen molar-refractivity contribution >= 4 is 28.9 Å². The van der Waals surface area contributed by atoms with Crippen LogP contribution in [0, 0.1) is 58.2 Å². The van der Waals surface area contributed by atoms with Crippen molar-refractivity contribution in [1.29, 1.82) is 0 Å². The molecule has 64 heavy (non-hydrogen) atoms. The number of rotatable bonds is 11.